The molecule has 3 aromatic rings. The Bertz CT molecular complexity index is 971. The Hall–Kier alpha value is -3.52. The molecule has 0 fully saturated rings. The van der Waals surface area contributed by atoms with Crippen molar-refractivity contribution in [2.75, 3.05) is 20.8 Å². The van der Waals surface area contributed by atoms with Crippen LogP contribution in [-0.2, 0) is 7.05 Å². The molecule has 0 radical (unpaired) electrons. The quantitative estimate of drug-likeness (QED) is 0.530. The van der Waals surface area contributed by atoms with Crippen LogP contribution >= 0.6 is 0 Å². The summed E-state index contributed by atoms with van der Waals surface area (Å²) in [5.74, 6) is 2.06. The third-order valence-electron chi connectivity index (χ3n) is 4.78. The molecule has 2 amide bonds. The highest BCUT2D eigenvalue weighted by Crippen LogP contribution is 2.24. The smallest absolute Gasteiger partial charge is 0.315 e. The second-order valence-electron chi connectivity index (χ2n) is 6.75. The SMILES string of the molecule is COc1ccc(C(O)CNC(=O)NC(c2cccc(OC)c2)c2nccn2C)cc1. The van der Waals surface area contributed by atoms with Gasteiger partial charge in [0.1, 0.15) is 23.4 Å². The number of rotatable bonds is 8. The number of imidazole rings is 1. The van der Waals surface area contributed by atoms with Crippen LogP contribution in [-0.4, -0.2) is 41.5 Å². The van der Waals surface area contributed by atoms with Crippen molar-refractivity contribution in [2.24, 2.45) is 7.05 Å². The van der Waals surface area contributed by atoms with Gasteiger partial charge in [-0.15, -0.1) is 0 Å². The van der Waals surface area contributed by atoms with Gasteiger partial charge in [-0.3, -0.25) is 0 Å². The lowest BCUT2D eigenvalue weighted by Gasteiger charge is -2.21. The van der Waals surface area contributed by atoms with Gasteiger partial charge in [-0.2, -0.15) is 0 Å². The van der Waals surface area contributed by atoms with Crippen LogP contribution in [0.25, 0.3) is 0 Å². The summed E-state index contributed by atoms with van der Waals surface area (Å²) in [6.07, 6.45) is 2.65. The lowest BCUT2D eigenvalue weighted by Crippen LogP contribution is -2.40. The molecule has 0 saturated carbocycles. The summed E-state index contributed by atoms with van der Waals surface area (Å²) >= 11 is 0. The fourth-order valence-corrected chi connectivity index (χ4v) is 3.09. The van der Waals surface area contributed by atoms with E-state index in [4.69, 9.17) is 9.47 Å². The van der Waals surface area contributed by atoms with E-state index in [0.717, 1.165) is 5.56 Å². The number of ether oxygens (including phenoxy) is 2. The first-order valence-corrected chi connectivity index (χ1v) is 9.49. The number of urea groups is 1. The van der Waals surface area contributed by atoms with E-state index in [1.807, 2.05) is 42.1 Å². The average Bonchev–Trinajstić information content (AvgIpc) is 3.21. The van der Waals surface area contributed by atoms with E-state index >= 15 is 0 Å². The molecule has 30 heavy (non-hydrogen) atoms. The Morgan fingerprint density at radius 3 is 2.47 bits per heavy atom. The Labute approximate surface area is 175 Å². The number of amides is 2. The third-order valence-corrected chi connectivity index (χ3v) is 4.78. The Morgan fingerprint density at radius 1 is 1.10 bits per heavy atom. The summed E-state index contributed by atoms with van der Waals surface area (Å²) < 4.78 is 12.3. The second-order valence-corrected chi connectivity index (χ2v) is 6.75. The van der Waals surface area contributed by atoms with Gasteiger partial charge in [-0.25, -0.2) is 9.78 Å². The number of nitrogens with one attached hydrogen (secondary N) is 2. The molecule has 3 rings (SSSR count). The first-order valence-electron chi connectivity index (χ1n) is 9.49. The van der Waals surface area contributed by atoms with Crippen LogP contribution in [0.2, 0.25) is 0 Å². The van der Waals surface area contributed by atoms with E-state index in [1.54, 1.807) is 44.7 Å². The van der Waals surface area contributed by atoms with Crippen molar-refractivity contribution in [3.05, 3.63) is 77.9 Å². The molecule has 1 heterocycles. The van der Waals surface area contributed by atoms with Crippen molar-refractivity contribution < 1.29 is 19.4 Å². The molecule has 0 saturated heterocycles. The molecule has 2 aromatic carbocycles. The molecule has 2 atom stereocenters. The molecule has 1 aromatic heterocycles. The van der Waals surface area contributed by atoms with Gasteiger partial charge in [0.25, 0.3) is 0 Å². The summed E-state index contributed by atoms with van der Waals surface area (Å²) in [7, 11) is 5.04. The molecular formula is C22H26N4O4. The normalized spacial score (nSPS) is 12.7. The van der Waals surface area contributed by atoms with Gasteiger partial charge in [-0.1, -0.05) is 24.3 Å². The maximum absolute atomic E-state index is 12.6. The van der Waals surface area contributed by atoms with Gasteiger partial charge in [0, 0.05) is 26.0 Å². The predicted octanol–water partition coefficient (Wildman–Crippen LogP) is 2.56. The Kier molecular flexibility index (Phi) is 6.92. The van der Waals surface area contributed by atoms with E-state index in [1.165, 1.54) is 0 Å². The van der Waals surface area contributed by atoms with Crippen molar-refractivity contribution in [3.63, 3.8) is 0 Å². The highest BCUT2D eigenvalue weighted by atomic mass is 16.5. The van der Waals surface area contributed by atoms with Gasteiger partial charge in [-0.05, 0) is 35.4 Å². The maximum Gasteiger partial charge on any atom is 0.315 e. The fourth-order valence-electron chi connectivity index (χ4n) is 3.09. The molecule has 0 aliphatic carbocycles. The number of aliphatic hydroxyl groups excluding tert-OH is 1. The van der Waals surface area contributed by atoms with Gasteiger partial charge in [0.2, 0.25) is 0 Å². The number of aromatic nitrogens is 2. The maximum atomic E-state index is 12.6. The van der Waals surface area contributed by atoms with Crippen LogP contribution in [0.5, 0.6) is 11.5 Å². The zero-order valence-corrected chi connectivity index (χ0v) is 17.2. The number of benzene rings is 2. The minimum atomic E-state index is -0.843. The number of hydrogen-bond acceptors (Lipinski definition) is 5. The first kappa shape index (κ1) is 21.2. The number of aliphatic hydroxyl groups is 1. The third kappa shape index (κ3) is 5.09. The minimum absolute atomic E-state index is 0.0591. The summed E-state index contributed by atoms with van der Waals surface area (Å²) in [6, 6.07) is 13.6. The molecule has 3 N–H and O–H groups in total. The van der Waals surface area contributed by atoms with Crippen LogP contribution in [0.4, 0.5) is 4.79 Å². The molecule has 158 valence electrons. The number of carbonyl (C=O) groups excluding carboxylic acids is 1. The topological polar surface area (TPSA) is 97.6 Å². The van der Waals surface area contributed by atoms with Crippen molar-refractivity contribution in [2.45, 2.75) is 12.1 Å². The second kappa shape index (κ2) is 9.80. The first-order chi connectivity index (χ1) is 14.5. The van der Waals surface area contributed by atoms with Crippen molar-refractivity contribution in [3.8, 4) is 11.5 Å². The van der Waals surface area contributed by atoms with Gasteiger partial charge in [0.15, 0.2) is 0 Å². The molecule has 0 bridgehead atoms. The standard InChI is InChI=1S/C22H26N4O4/c1-26-12-11-23-21(26)20(16-5-4-6-18(13-16)30-3)25-22(28)24-14-19(27)15-7-9-17(29-2)10-8-15/h4-13,19-20,27H,14H2,1-3H3,(H2,24,25,28). The summed E-state index contributed by atoms with van der Waals surface area (Å²) in [5, 5.41) is 16.0. The van der Waals surface area contributed by atoms with E-state index in [0.29, 0.717) is 22.9 Å². The molecule has 0 spiro atoms. The largest absolute Gasteiger partial charge is 0.497 e. The van der Waals surface area contributed by atoms with Crippen LogP contribution < -0.4 is 20.1 Å². The van der Waals surface area contributed by atoms with Gasteiger partial charge >= 0.3 is 6.03 Å². The highest BCUT2D eigenvalue weighted by molar-refractivity contribution is 5.75. The number of carbonyl (C=O) groups is 1. The summed E-state index contributed by atoms with van der Waals surface area (Å²) in [6.45, 7) is 0.0591. The molecule has 0 aliphatic heterocycles. The highest BCUT2D eigenvalue weighted by Gasteiger charge is 2.21. The lowest BCUT2D eigenvalue weighted by atomic mass is 10.1. The number of methoxy groups -OCH3 is 2. The average molecular weight is 410 g/mol. The summed E-state index contributed by atoms with van der Waals surface area (Å²) in [4.78, 5) is 17.0. The van der Waals surface area contributed by atoms with Crippen LogP contribution in [0.1, 0.15) is 29.1 Å². The van der Waals surface area contributed by atoms with Crippen LogP contribution in [0, 0.1) is 0 Å². The van der Waals surface area contributed by atoms with Crippen molar-refractivity contribution in [1.82, 2.24) is 20.2 Å². The Morgan fingerprint density at radius 2 is 1.83 bits per heavy atom. The molecule has 2 unspecified atom stereocenters. The van der Waals surface area contributed by atoms with E-state index < -0.39 is 18.2 Å². The molecule has 8 nitrogen and oxygen atoms in total. The molecular weight excluding hydrogens is 384 g/mol. The zero-order chi connectivity index (χ0) is 21.5. The summed E-state index contributed by atoms with van der Waals surface area (Å²) in [5.41, 5.74) is 1.51. The minimum Gasteiger partial charge on any atom is -0.497 e. The number of aryl methyl sites for hydroxylation is 1. The Balaban J connectivity index is 1.69. The van der Waals surface area contributed by atoms with Crippen LogP contribution in [0.15, 0.2) is 60.9 Å². The number of hydrogen-bond donors (Lipinski definition) is 3. The zero-order valence-electron chi connectivity index (χ0n) is 17.2. The predicted molar refractivity (Wildman–Crippen MR) is 113 cm³/mol. The van der Waals surface area contributed by atoms with E-state index in [-0.39, 0.29) is 6.54 Å². The van der Waals surface area contributed by atoms with Crippen molar-refractivity contribution >= 4 is 6.03 Å². The van der Waals surface area contributed by atoms with Crippen LogP contribution in [0.3, 0.4) is 0 Å². The molecule has 0 aliphatic rings. The number of nitrogens with zero attached hydrogens (tertiary/aromatic N) is 2. The monoisotopic (exact) mass is 410 g/mol. The van der Waals surface area contributed by atoms with E-state index in [9.17, 15) is 9.90 Å². The van der Waals surface area contributed by atoms with Gasteiger partial charge < -0.3 is 29.8 Å². The van der Waals surface area contributed by atoms with E-state index in [2.05, 4.69) is 15.6 Å². The van der Waals surface area contributed by atoms with Crippen molar-refractivity contribution in [1.29, 1.82) is 0 Å². The lowest BCUT2D eigenvalue weighted by molar-refractivity contribution is 0.172. The fraction of sp³-hybridized carbons (Fsp3) is 0.273. The molecule has 8 heteroatoms. The van der Waals surface area contributed by atoms with Gasteiger partial charge in [0.05, 0.1) is 20.3 Å².